The van der Waals surface area contributed by atoms with Gasteiger partial charge in [-0.2, -0.15) is 0 Å². The average Bonchev–Trinajstić information content (AvgIpc) is 2.18. The number of rotatable bonds is 2. The monoisotopic (exact) mass is 242 g/mol. The summed E-state index contributed by atoms with van der Waals surface area (Å²) in [6.45, 7) is 0. The molecule has 0 bridgehead atoms. The van der Waals surface area contributed by atoms with Gasteiger partial charge in [0, 0.05) is 0 Å². The lowest BCUT2D eigenvalue weighted by molar-refractivity contribution is -0.123. The molecule has 0 radical (unpaired) electrons. The molecule has 4 N–H and O–H groups in total. The lowest BCUT2D eigenvalue weighted by Gasteiger charge is -2.36. The molecule has 1 aromatic carbocycles. The largest absolute Gasteiger partial charge is 0.506 e. The maximum Gasteiger partial charge on any atom is 0.244 e. The van der Waals surface area contributed by atoms with Gasteiger partial charge < -0.3 is 16.2 Å². The number of carbonyl (C=O) groups excluding carboxylic acids is 1. The number of para-hydroxylation sites is 2. The predicted molar refractivity (Wildman–Crippen MR) is 64.8 cm³/mol. The van der Waals surface area contributed by atoms with Crippen molar-refractivity contribution in [3.63, 3.8) is 0 Å². The number of anilines is 1. The van der Waals surface area contributed by atoms with E-state index in [1.165, 1.54) is 6.07 Å². The number of benzene rings is 1. The van der Waals surface area contributed by atoms with E-state index in [4.69, 9.17) is 5.73 Å². The quantitative estimate of drug-likeness (QED) is 0.690. The van der Waals surface area contributed by atoms with Gasteiger partial charge in [-0.3, -0.25) is 4.79 Å². The standard InChI is InChI=1S/C11H14N2O2.ClH/c12-11(6-3-7-11)10(15)13-8-4-1-2-5-9(8)14;/h1-2,4-5,14H,3,6-7,12H2,(H,13,15);1H. The number of aromatic hydroxyl groups is 1. The minimum Gasteiger partial charge on any atom is -0.506 e. The van der Waals surface area contributed by atoms with Gasteiger partial charge in [-0.1, -0.05) is 12.1 Å². The molecule has 0 aliphatic heterocycles. The highest BCUT2D eigenvalue weighted by atomic mass is 35.5. The molecule has 2 rings (SSSR count). The number of hydrogen-bond donors (Lipinski definition) is 3. The van der Waals surface area contributed by atoms with Crippen molar-refractivity contribution < 1.29 is 9.90 Å². The Balaban J connectivity index is 0.00000128. The summed E-state index contributed by atoms with van der Waals surface area (Å²) in [6, 6.07) is 6.63. The van der Waals surface area contributed by atoms with E-state index in [-0.39, 0.29) is 24.1 Å². The second kappa shape index (κ2) is 4.72. The van der Waals surface area contributed by atoms with Crippen LogP contribution in [-0.2, 0) is 4.79 Å². The number of phenols is 1. The molecular formula is C11H15ClN2O2. The van der Waals surface area contributed by atoms with Crippen molar-refractivity contribution in [3.05, 3.63) is 24.3 Å². The molecule has 1 fully saturated rings. The van der Waals surface area contributed by atoms with Crippen LogP contribution in [0.3, 0.4) is 0 Å². The second-order valence-electron chi connectivity index (χ2n) is 3.98. The van der Waals surface area contributed by atoms with Crippen LogP contribution in [0.25, 0.3) is 0 Å². The molecule has 0 spiro atoms. The van der Waals surface area contributed by atoms with E-state index in [9.17, 15) is 9.90 Å². The zero-order valence-electron chi connectivity index (χ0n) is 8.77. The Labute approximate surface area is 100 Å². The maximum atomic E-state index is 11.7. The van der Waals surface area contributed by atoms with Crippen molar-refractivity contribution in [1.29, 1.82) is 0 Å². The van der Waals surface area contributed by atoms with Crippen molar-refractivity contribution in [1.82, 2.24) is 0 Å². The first kappa shape index (κ1) is 12.8. The van der Waals surface area contributed by atoms with Gasteiger partial charge in [0.05, 0.1) is 11.2 Å². The number of nitrogens with two attached hydrogens (primary N) is 1. The number of halogens is 1. The van der Waals surface area contributed by atoms with E-state index >= 15 is 0 Å². The molecular weight excluding hydrogens is 228 g/mol. The molecule has 0 saturated heterocycles. The number of hydrogen-bond acceptors (Lipinski definition) is 3. The Bertz CT molecular complexity index is 391. The van der Waals surface area contributed by atoms with Crippen LogP contribution in [0.1, 0.15) is 19.3 Å². The number of phenolic OH excluding ortho intramolecular Hbond substituents is 1. The molecule has 1 aliphatic rings. The number of nitrogens with one attached hydrogen (secondary N) is 1. The highest BCUT2D eigenvalue weighted by Crippen LogP contribution is 2.31. The van der Waals surface area contributed by atoms with Gasteiger partial charge in [0.15, 0.2) is 0 Å². The van der Waals surface area contributed by atoms with Crippen LogP contribution in [0.2, 0.25) is 0 Å². The molecule has 88 valence electrons. The van der Waals surface area contributed by atoms with E-state index in [1.54, 1.807) is 18.2 Å². The van der Waals surface area contributed by atoms with Crippen molar-refractivity contribution in [3.8, 4) is 5.75 Å². The van der Waals surface area contributed by atoms with Crippen LogP contribution < -0.4 is 11.1 Å². The number of carbonyl (C=O) groups is 1. The lowest BCUT2D eigenvalue weighted by Crippen LogP contribution is -2.56. The zero-order valence-corrected chi connectivity index (χ0v) is 9.59. The third kappa shape index (κ3) is 2.28. The Morgan fingerprint density at radius 1 is 1.38 bits per heavy atom. The fourth-order valence-corrected chi connectivity index (χ4v) is 1.61. The molecule has 0 aromatic heterocycles. The van der Waals surface area contributed by atoms with E-state index < -0.39 is 5.54 Å². The molecule has 1 aliphatic carbocycles. The molecule has 1 saturated carbocycles. The van der Waals surface area contributed by atoms with Gasteiger partial charge in [0.2, 0.25) is 5.91 Å². The van der Waals surface area contributed by atoms with Gasteiger partial charge in [-0.15, -0.1) is 12.4 Å². The molecule has 1 amide bonds. The summed E-state index contributed by atoms with van der Waals surface area (Å²) in [5.74, 6) is -0.149. The third-order valence-corrected chi connectivity index (χ3v) is 2.85. The topological polar surface area (TPSA) is 75.4 Å². The Kier molecular flexibility index (Phi) is 3.78. The average molecular weight is 243 g/mol. The van der Waals surface area contributed by atoms with Crippen LogP contribution in [0.15, 0.2) is 24.3 Å². The first-order valence-corrected chi connectivity index (χ1v) is 5.00. The molecule has 5 heteroatoms. The minimum atomic E-state index is -0.734. The van der Waals surface area contributed by atoms with E-state index in [0.717, 1.165) is 6.42 Å². The SMILES string of the molecule is Cl.NC1(C(=O)Nc2ccccc2O)CCC1. The summed E-state index contributed by atoms with van der Waals surface area (Å²) in [6.07, 6.45) is 2.42. The van der Waals surface area contributed by atoms with Crippen molar-refractivity contribution in [2.75, 3.05) is 5.32 Å². The van der Waals surface area contributed by atoms with E-state index in [0.29, 0.717) is 18.5 Å². The van der Waals surface area contributed by atoms with Crippen LogP contribution in [-0.4, -0.2) is 16.6 Å². The molecule has 16 heavy (non-hydrogen) atoms. The van der Waals surface area contributed by atoms with Gasteiger partial charge in [0.25, 0.3) is 0 Å². The summed E-state index contributed by atoms with van der Waals surface area (Å²) in [4.78, 5) is 11.7. The van der Waals surface area contributed by atoms with Gasteiger partial charge in [0.1, 0.15) is 5.75 Å². The molecule has 0 heterocycles. The van der Waals surface area contributed by atoms with Crippen molar-refractivity contribution >= 4 is 24.0 Å². The smallest absolute Gasteiger partial charge is 0.244 e. The minimum absolute atomic E-state index is 0. The van der Waals surface area contributed by atoms with E-state index in [1.807, 2.05) is 0 Å². The first-order valence-electron chi connectivity index (χ1n) is 5.00. The predicted octanol–water partition coefficient (Wildman–Crippen LogP) is 1.63. The fourth-order valence-electron chi connectivity index (χ4n) is 1.61. The first-order chi connectivity index (χ1) is 7.12. The fraction of sp³-hybridized carbons (Fsp3) is 0.364. The molecule has 0 unspecified atom stereocenters. The van der Waals surface area contributed by atoms with Gasteiger partial charge >= 0.3 is 0 Å². The van der Waals surface area contributed by atoms with Crippen molar-refractivity contribution in [2.45, 2.75) is 24.8 Å². The third-order valence-electron chi connectivity index (χ3n) is 2.85. The van der Waals surface area contributed by atoms with E-state index in [2.05, 4.69) is 5.32 Å². The maximum absolute atomic E-state index is 11.7. The van der Waals surface area contributed by atoms with Gasteiger partial charge in [-0.25, -0.2) is 0 Å². The zero-order chi connectivity index (χ0) is 10.9. The highest BCUT2D eigenvalue weighted by molar-refractivity contribution is 5.99. The Morgan fingerprint density at radius 2 is 2.00 bits per heavy atom. The number of amides is 1. The lowest BCUT2D eigenvalue weighted by atomic mass is 9.77. The summed E-state index contributed by atoms with van der Waals surface area (Å²) in [5, 5.41) is 12.1. The summed E-state index contributed by atoms with van der Waals surface area (Å²) >= 11 is 0. The van der Waals surface area contributed by atoms with Crippen LogP contribution in [0, 0.1) is 0 Å². The van der Waals surface area contributed by atoms with Crippen LogP contribution >= 0.6 is 12.4 Å². The highest BCUT2D eigenvalue weighted by Gasteiger charge is 2.40. The van der Waals surface area contributed by atoms with Crippen molar-refractivity contribution in [2.24, 2.45) is 5.73 Å². The van der Waals surface area contributed by atoms with Crippen LogP contribution in [0.4, 0.5) is 5.69 Å². The molecule has 1 aromatic rings. The summed E-state index contributed by atoms with van der Waals surface area (Å²) < 4.78 is 0. The Hall–Kier alpha value is -1.26. The van der Waals surface area contributed by atoms with Crippen LogP contribution in [0.5, 0.6) is 5.75 Å². The van der Waals surface area contributed by atoms with Gasteiger partial charge in [-0.05, 0) is 31.4 Å². The normalized spacial score (nSPS) is 16.8. The molecule has 0 atom stereocenters. The Morgan fingerprint density at radius 3 is 2.50 bits per heavy atom. The summed E-state index contributed by atoms with van der Waals surface area (Å²) in [5.41, 5.74) is 5.53. The second-order valence-corrected chi connectivity index (χ2v) is 3.98. The summed E-state index contributed by atoms with van der Waals surface area (Å²) in [7, 11) is 0. The molecule has 4 nitrogen and oxygen atoms in total.